The number of fused-ring (bicyclic) bond motifs is 1. The van der Waals surface area contributed by atoms with E-state index >= 15 is 0 Å². The first kappa shape index (κ1) is 13.6. The van der Waals surface area contributed by atoms with Gasteiger partial charge in [-0.1, -0.05) is 0 Å². The Morgan fingerprint density at radius 1 is 1.32 bits per heavy atom. The van der Waals surface area contributed by atoms with Crippen LogP contribution in [-0.2, 0) is 0 Å². The molecule has 8 nitrogen and oxygen atoms in total. The Morgan fingerprint density at radius 3 is 2.64 bits per heavy atom. The highest BCUT2D eigenvalue weighted by molar-refractivity contribution is 5.83. The Morgan fingerprint density at radius 2 is 2.00 bits per heavy atom. The Bertz CT molecular complexity index is 842. The number of pyridine rings is 1. The summed E-state index contributed by atoms with van der Waals surface area (Å²) in [4.78, 5) is 14.8. The number of nitro benzene ring substituents is 1. The summed E-state index contributed by atoms with van der Waals surface area (Å²) in [5.74, 6) is 0.717. The Balaban J connectivity index is 2.34. The molecule has 22 heavy (non-hydrogen) atoms. The van der Waals surface area contributed by atoms with E-state index in [1.807, 2.05) is 6.07 Å². The zero-order valence-electron chi connectivity index (χ0n) is 11.5. The lowest BCUT2D eigenvalue weighted by Gasteiger charge is -2.09. The van der Waals surface area contributed by atoms with Crippen LogP contribution in [0.5, 0.6) is 11.5 Å². The van der Waals surface area contributed by atoms with E-state index in [4.69, 9.17) is 15.2 Å². The summed E-state index contributed by atoms with van der Waals surface area (Å²) in [6.45, 7) is 1.69. The van der Waals surface area contributed by atoms with Crippen molar-refractivity contribution in [3.63, 3.8) is 0 Å². The fraction of sp³-hybridized carbons (Fsp3) is 0.143. The van der Waals surface area contributed by atoms with Crippen LogP contribution in [0.4, 0.5) is 11.5 Å². The van der Waals surface area contributed by atoms with Gasteiger partial charge in [-0.3, -0.25) is 10.1 Å². The van der Waals surface area contributed by atoms with E-state index in [9.17, 15) is 15.4 Å². The van der Waals surface area contributed by atoms with Crippen molar-refractivity contribution in [2.24, 2.45) is 0 Å². The molecule has 0 saturated heterocycles. The van der Waals surface area contributed by atoms with E-state index in [2.05, 4.69) is 4.98 Å². The van der Waals surface area contributed by atoms with Crippen LogP contribution < -0.4 is 15.2 Å². The van der Waals surface area contributed by atoms with Crippen LogP contribution in [0, 0.1) is 28.4 Å². The van der Waals surface area contributed by atoms with Crippen molar-refractivity contribution in [3.05, 3.63) is 39.6 Å². The molecule has 0 aliphatic carbocycles. The van der Waals surface area contributed by atoms with E-state index in [1.54, 1.807) is 13.0 Å². The molecular weight excluding hydrogens is 288 g/mol. The van der Waals surface area contributed by atoms with Gasteiger partial charge in [0.2, 0.25) is 6.79 Å². The van der Waals surface area contributed by atoms with E-state index in [0.29, 0.717) is 22.8 Å². The van der Waals surface area contributed by atoms with Crippen molar-refractivity contribution in [2.45, 2.75) is 6.92 Å². The van der Waals surface area contributed by atoms with Gasteiger partial charge >= 0.3 is 0 Å². The summed E-state index contributed by atoms with van der Waals surface area (Å²) >= 11 is 0. The molecule has 0 spiro atoms. The SMILES string of the molecule is Cc1cc(-c2cc3c(cc2[N+](=O)[O-])OCO3)c(C#N)c(N)n1. The lowest BCUT2D eigenvalue weighted by atomic mass is 9.98. The molecule has 0 saturated carbocycles. The van der Waals surface area contributed by atoms with Crippen LogP contribution in [0.1, 0.15) is 11.3 Å². The Hall–Kier alpha value is -3.34. The van der Waals surface area contributed by atoms with Crippen LogP contribution >= 0.6 is 0 Å². The van der Waals surface area contributed by atoms with Crippen LogP contribution in [0.3, 0.4) is 0 Å². The number of ether oxygens (including phenoxy) is 2. The zero-order valence-corrected chi connectivity index (χ0v) is 11.5. The fourth-order valence-corrected chi connectivity index (χ4v) is 2.33. The summed E-state index contributed by atoms with van der Waals surface area (Å²) in [6, 6.07) is 6.29. The molecule has 0 atom stereocenters. The average Bonchev–Trinajstić information content (AvgIpc) is 2.92. The number of rotatable bonds is 2. The minimum absolute atomic E-state index is 0.00143. The van der Waals surface area contributed by atoms with E-state index in [0.717, 1.165) is 0 Å². The third-order valence-corrected chi connectivity index (χ3v) is 3.27. The molecule has 2 N–H and O–H groups in total. The molecule has 2 heterocycles. The third-order valence-electron chi connectivity index (χ3n) is 3.27. The van der Waals surface area contributed by atoms with Crippen LogP contribution in [0.15, 0.2) is 18.2 Å². The molecule has 2 aromatic rings. The average molecular weight is 298 g/mol. The van der Waals surface area contributed by atoms with Crippen molar-refractivity contribution in [2.75, 3.05) is 12.5 Å². The first-order chi connectivity index (χ1) is 10.5. The smallest absolute Gasteiger partial charge is 0.281 e. The van der Waals surface area contributed by atoms with E-state index in [1.165, 1.54) is 12.1 Å². The van der Waals surface area contributed by atoms with E-state index < -0.39 is 4.92 Å². The minimum Gasteiger partial charge on any atom is -0.454 e. The second-order valence-corrected chi connectivity index (χ2v) is 4.66. The number of hydrogen-bond donors (Lipinski definition) is 1. The molecular formula is C14H10N4O4. The molecule has 1 aromatic heterocycles. The maximum Gasteiger partial charge on any atom is 0.281 e. The highest BCUT2D eigenvalue weighted by Gasteiger charge is 2.26. The second kappa shape index (κ2) is 4.89. The van der Waals surface area contributed by atoms with Gasteiger partial charge in [0, 0.05) is 11.3 Å². The van der Waals surface area contributed by atoms with Crippen LogP contribution in [0.25, 0.3) is 11.1 Å². The molecule has 0 unspecified atom stereocenters. The third kappa shape index (κ3) is 2.05. The second-order valence-electron chi connectivity index (χ2n) is 4.66. The number of aryl methyl sites for hydroxylation is 1. The minimum atomic E-state index is -0.537. The quantitative estimate of drug-likeness (QED) is 0.665. The maximum absolute atomic E-state index is 11.3. The Labute approximate surface area is 124 Å². The Kier molecular flexibility index (Phi) is 3.03. The van der Waals surface area contributed by atoms with Crippen molar-refractivity contribution in [1.82, 2.24) is 4.98 Å². The number of nitrogen functional groups attached to an aromatic ring is 1. The van der Waals surface area contributed by atoms with Crippen LogP contribution in [0.2, 0.25) is 0 Å². The number of benzene rings is 1. The van der Waals surface area contributed by atoms with Gasteiger partial charge in [0.25, 0.3) is 5.69 Å². The molecule has 0 amide bonds. The molecule has 8 heteroatoms. The van der Waals surface area contributed by atoms with Gasteiger partial charge < -0.3 is 15.2 Å². The normalized spacial score (nSPS) is 12.0. The van der Waals surface area contributed by atoms with Crippen molar-refractivity contribution in [1.29, 1.82) is 5.26 Å². The molecule has 0 bridgehead atoms. The first-order valence-electron chi connectivity index (χ1n) is 6.27. The van der Waals surface area contributed by atoms with Crippen LogP contribution in [-0.4, -0.2) is 16.7 Å². The number of hydrogen-bond acceptors (Lipinski definition) is 7. The van der Waals surface area contributed by atoms with E-state index in [-0.39, 0.29) is 29.4 Å². The highest BCUT2D eigenvalue weighted by atomic mass is 16.7. The van der Waals surface area contributed by atoms with Gasteiger partial charge in [-0.25, -0.2) is 4.98 Å². The highest BCUT2D eigenvalue weighted by Crippen LogP contribution is 2.43. The van der Waals surface area contributed by atoms with Crippen molar-refractivity contribution < 1.29 is 14.4 Å². The predicted octanol–water partition coefficient (Wildman–Crippen LogP) is 2.15. The molecule has 110 valence electrons. The monoisotopic (exact) mass is 298 g/mol. The lowest BCUT2D eigenvalue weighted by molar-refractivity contribution is -0.384. The standard InChI is InChI=1S/C14H10N4O4/c1-7-2-8(10(5-15)14(16)17-7)9-3-12-13(22-6-21-12)4-11(9)18(19)20/h2-4H,6H2,1H3,(H2,16,17). The molecule has 0 radical (unpaired) electrons. The first-order valence-corrected chi connectivity index (χ1v) is 6.27. The van der Waals surface area contributed by atoms with Gasteiger partial charge in [-0.05, 0) is 19.1 Å². The molecule has 1 aromatic carbocycles. The topological polar surface area (TPSA) is 124 Å². The zero-order chi connectivity index (χ0) is 15.9. The van der Waals surface area contributed by atoms with Gasteiger partial charge in [0.15, 0.2) is 11.5 Å². The van der Waals surface area contributed by atoms with Gasteiger partial charge in [-0.15, -0.1) is 0 Å². The number of aromatic nitrogens is 1. The fourth-order valence-electron chi connectivity index (χ4n) is 2.33. The molecule has 1 aliphatic heterocycles. The van der Waals surface area contributed by atoms with Crippen molar-refractivity contribution in [3.8, 4) is 28.7 Å². The molecule has 0 fully saturated rings. The summed E-state index contributed by atoms with van der Waals surface area (Å²) in [6.07, 6.45) is 0. The van der Waals surface area contributed by atoms with Gasteiger partial charge in [-0.2, -0.15) is 5.26 Å². The number of nitriles is 1. The predicted molar refractivity (Wildman–Crippen MR) is 76.3 cm³/mol. The largest absolute Gasteiger partial charge is 0.454 e. The van der Waals surface area contributed by atoms with Gasteiger partial charge in [0.1, 0.15) is 17.5 Å². The number of anilines is 1. The lowest BCUT2D eigenvalue weighted by Crippen LogP contribution is -2.01. The summed E-state index contributed by atoms with van der Waals surface area (Å²) < 4.78 is 10.4. The number of nitrogens with two attached hydrogens (primary N) is 1. The summed E-state index contributed by atoms with van der Waals surface area (Å²) in [5, 5.41) is 20.6. The molecule has 1 aliphatic rings. The summed E-state index contributed by atoms with van der Waals surface area (Å²) in [7, 11) is 0. The number of nitrogens with zero attached hydrogens (tertiary/aromatic N) is 3. The van der Waals surface area contributed by atoms with Crippen molar-refractivity contribution >= 4 is 11.5 Å². The molecule has 3 rings (SSSR count). The van der Waals surface area contributed by atoms with Gasteiger partial charge in [0.05, 0.1) is 16.6 Å². The number of nitro groups is 1. The summed E-state index contributed by atoms with van der Waals surface area (Å²) in [5.41, 5.74) is 6.79. The maximum atomic E-state index is 11.3.